The molecule has 134 valence electrons. The fourth-order valence-electron chi connectivity index (χ4n) is 2.17. The van der Waals surface area contributed by atoms with E-state index in [4.69, 9.17) is 16.4 Å². The molecule has 0 fully saturated rings. The Labute approximate surface area is 152 Å². The first-order chi connectivity index (χ1) is 11.8. The highest BCUT2D eigenvalue weighted by Crippen LogP contribution is 2.27. The second-order valence-electron chi connectivity index (χ2n) is 5.30. The van der Waals surface area contributed by atoms with Gasteiger partial charge in [-0.3, -0.25) is 9.36 Å². The van der Waals surface area contributed by atoms with E-state index in [0.717, 1.165) is 23.8 Å². The van der Waals surface area contributed by atoms with E-state index >= 15 is 0 Å². The minimum absolute atomic E-state index is 0.0429. The molecule has 0 aliphatic carbocycles. The van der Waals surface area contributed by atoms with Gasteiger partial charge in [-0.25, -0.2) is 14.0 Å². The summed E-state index contributed by atoms with van der Waals surface area (Å²) in [4.78, 5) is 41.3. The Morgan fingerprint density at radius 3 is 2.64 bits per heavy atom. The Kier molecular flexibility index (Phi) is 6.07. The molecule has 0 aliphatic heterocycles. The van der Waals surface area contributed by atoms with E-state index in [2.05, 4.69) is 0 Å². The Bertz CT molecular complexity index is 925. The summed E-state index contributed by atoms with van der Waals surface area (Å²) in [6.45, 7) is 3.07. The van der Waals surface area contributed by atoms with Gasteiger partial charge in [-0.15, -0.1) is 4.73 Å². The Hall–Kier alpha value is -2.06. The summed E-state index contributed by atoms with van der Waals surface area (Å²) in [6, 6.07) is 4.00. The second kappa shape index (κ2) is 7.88. The van der Waals surface area contributed by atoms with Crippen LogP contribution < -0.4 is 16.1 Å². The smallest absolute Gasteiger partial charge is 0.333 e. The van der Waals surface area contributed by atoms with Gasteiger partial charge in [0.15, 0.2) is 0 Å². The number of hydrogen-bond donors (Lipinski definition) is 0. The molecule has 0 saturated heterocycles. The normalized spacial score (nSPS) is 12.0. The van der Waals surface area contributed by atoms with Crippen molar-refractivity contribution in [2.24, 2.45) is 0 Å². The molecule has 1 aromatic carbocycles. The van der Waals surface area contributed by atoms with E-state index < -0.39 is 23.0 Å². The maximum Gasteiger partial charge on any atom is 0.364 e. The summed E-state index contributed by atoms with van der Waals surface area (Å²) in [7, 11) is 0. The molecule has 1 aromatic heterocycles. The quantitative estimate of drug-likeness (QED) is 0.787. The van der Waals surface area contributed by atoms with Gasteiger partial charge in [-0.2, -0.15) is 11.8 Å². The first kappa shape index (κ1) is 19.3. The summed E-state index contributed by atoms with van der Waals surface area (Å²) >= 11 is 7.42. The molecule has 1 unspecified atom stereocenters. The molecule has 0 saturated carbocycles. The molecule has 0 aliphatic rings. The van der Waals surface area contributed by atoms with Crippen LogP contribution in [0.2, 0.25) is 5.02 Å². The van der Waals surface area contributed by atoms with Gasteiger partial charge in [0.05, 0.1) is 16.8 Å². The lowest BCUT2D eigenvalue weighted by Gasteiger charge is -2.15. The lowest BCUT2D eigenvalue weighted by atomic mass is 10.1. The highest BCUT2D eigenvalue weighted by atomic mass is 35.5. The van der Waals surface area contributed by atoms with Gasteiger partial charge in [0.25, 0.3) is 5.56 Å². The molecule has 1 atom stereocenters. The third-order valence-corrected chi connectivity index (χ3v) is 4.79. The van der Waals surface area contributed by atoms with Gasteiger partial charge in [-0.05, 0) is 12.3 Å². The second-order valence-corrected chi connectivity index (χ2v) is 6.95. The first-order valence-electron chi connectivity index (χ1n) is 7.28. The molecule has 1 heterocycles. The summed E-state index contributed by atoms with van der Waals surface area (Å²) in [5.41, 5.74) is -1.36. The minimum Gasteiger partial charge on any atom is -0.333 e. The number of rotatable bonds is 5. The first-order valence-corrected chi connectivity index (χ1v) is 8.95. The van der Waals surface area contributed by atoms with Gasteiger partial charge in [0, 0.05) is 24.3 Å². The standard InChI is InChI=1S/C16H16ClFN2O4S/c1-9(25-3)7-19-15(22)12(8-20(16(19)23)24-10(2)21)11-5-4-6-13(18)14(11)17/h4-6,8-9H,7H2,1-3H3. The topological polar surface area (TPSA) is 70.3 Å². The number of aromatic nitrogens is 2. The summed E-state index contributed by atoms with van der Waals surface area (Å²) in [5, 5.41) is -0.300. The number of nitrogens with zero attached hydrogens (tertiary/aromatic N) is 2. The molecule has 9 heteroatoms. The summed E-state index contributed by atoms with van der Waals surface area (Å²) < 4.78 is 15.4. The van der Waals surface area contributed by atoms with Crippen LogP contribution in [0.4, 0.5) is 4.39 Å². The van der Waals surface area contributed by atoms with E-state index in [1.54, 1.807) is 0 Å². The monoisotopic (exact) mass is 386 g/mol. The van der Waals surface area contributed by atoms with E-state index in [-0.39, 0.29) is 27.9 Å². The van der Waals surface area contributed by atoms with Crippen molar-refractivity contribution in [3.8, 4) is 11.1 Å². The number of thioether (sulfide) groups is 1. The molecule has 2 aromatic rings. The van der Waals surface area contributed by atoms with Crippen LogP contribution in [-0.4, -0.2) is 26.8 Å². The van der Waals surface area contributed by atoms with Gasteiger partial charge < -0.3 is 4.84 Å². The molecule has 2 rings (SSSR count). The fourth-order valence-corrected chi connectivity index (χ4v) is 2.70. The van der Waals surface area contributed by atoms with Gasteiger partial charge in [0.1, 0.15) is 5.82 Å². The molecule has 0 N–H and O–H groups in total. The van der Waals surface area contributed by atoms with Crippen molar-refractivity contribution < 1.29 is 14.0 Å². The van der Waals surface area contributed by atoms with Crippen LogP contribution >= 0.6 is 23.4 Å². The molecule has 0 amide bonds. The highest BCUT2D eigenvalue weighted by molar-refractivity contribution is 7.99. The Morgan fingerprint density at radius 1 is 1.36 bits per heavy atom. The predicted molar refractivity (Wildman–Crippen MR) is 95.6 cm³/mol. The van der Waals surface area contributed by atoms with Crippen molar-refractivity contribution in [3.63, 3.8) is 0 Å². The van der Waals surface area contributed by atoms with Crippen LogP contribution in [0.15, 0.2) is 34.0 Å². The zero-order valence-corrected chi connectivity index (χ0v) is 15.4. The number of halogens is 2. The van der Waals surface area contributed by atoms with E-state index in [1.165, 1.54) is 23.9 Å². The van der Waals surface area contributed by atoms with Crippen molar-refractivity contribution in [1.29, 1.82) is 0 Å². The summed E-state index contributed by atoms with van der Waals surface area (Å²) in [6.07, 6.45) is 2.89. The van der Waals surface area contributed by atoms with Gasteiger partial charge in [-0.1, -0.05) is 30.7 Å². The Morgan fingerprint density at radius 2 is 2.04 bits per heavy atom. The number of carbonyl (C=O) groups is 1. The summed E-state index contributed by atoms with van der Waals surface area (Å²) in [5.74, 6) is -1.44. The maximum absolute atomic E-state index is 13.8. The van der Waals surface area contributed by atoms with Gasteiger partial charge >= 0.3 is 11.7 Å². The largest absolute Gasteiger partial charge is 0.364 e. The molecule has 0 radical (unpaired) electrons. The Balaban J connectivity index is 2.77. The molecular formula is C16H16ClFN2O4S. The van der Waals surface area contributed by atoms with Crippen LogP contribution in [0.3, 0.4) is 0 Å². The number of hydrogen-bond acceptors (Lipinski definition) is 5. The fraction of sp³-hybridized carbons (Fsp3) is 0.312. The van der Waals surface area contributed by atoms with Crippen LogP contribution in [0.1, 0.15) is 13.8 Å². The molecule has 0 spiro atoms. The molecule has 0 bridgehead atoms. The molecule has 6 nitrogen and oxygen atoms in total. The number of benzene rings is 1. The van der Waals surface area contributed by atoms with Crippen molar-refractivity contribution in [3.05, 3.63) is 56.1 Å². The van der Waals surface area contributed by atoms with Crippen LogP contribution in [0.25, 0.3) is 11.1 Å². The van der Waals surface area contributed by atoms with Gasteiger partial charge in [0.2, 0.25) is 0 Å². The average molecular weight is 387 g/mol. The van der Waals surface area contributed by atoms with Crippen molar-refractivity contribution in [2.45, 2.75) is 25.6 Å². The average Bonchev–Trinajstić information content (AvgIpc) is 2.56. The maximum atomic E-state index is 13.8. The van der Waals surface area contributed by atoms with E-state index in [9.17, 15) is 18.8 Å². The third-order valence-electron chi connectivity index (χ3n) is 3.45. The van der Waals surface area contributed by atoms with Crippen molar-refractivity contribution in [2.75, 3.05) is 6.26 Å². The van der Waals surface area contributed by atoms with Crippen LogP contribution in [0.5, 0.6) is 0 Å². The van der Waals surface area contributed by atoms with E-state index in [0.29, 0.717) is 4.73 Å². The molecular weight excluding hydrogens is 371 g/mol. The van der Waals surface area contributed by atoms with Crippen LogP contribution in [0, 0.1) is 5.82 Å². The number of carbonyl (C=O) groups excluding carboxylic acids is 1. The zero-order chi connectivity index (χ0) is 18.7. The lowest BCUT2D eigenvalue weighted by Crippen LogP contribution is -2.44. The van der Waals surface area contributed by atoms with E-state index in [1.807, 2.05) is 13.2 Å². The predicted octanol–water partition coefficient (Wildman–Crippen LogP) is 2.20. The van der Waals surface area contributed by atoms with Crippen molar-refractivity contribution >= 4 is 29.3 Å². The molecule has 25 heavy (non-hydrogen) atoms. The lowest BCUT2D eigenvalue weighted by molar-refractivity contribution is -0.142. The zero-order valence-electron chi connectivity index (χ0n) is 13.8. The third kappa shape index (κ3) is 4.13. The highest BCUT2D eigenvalue weighted by Gasteiger charge is 2.19. The minimum atomic E-state index is -0.794. The van der Waals surface area contributed by atoms with Crippen molar-refractivity contribution in [1.82, 2.24) is 9.30 Å². The van der Waals surface area contributed by atoms with Crippen LogP contribution in [-0.2, 0) is 11.3 Å². The SMILES string of the molecule is CSC(C)Cn1c(=O)c(-c2cccc(F)c2Cl)cn(OC(C)=O)c1=O.